The minimum absolute atomic E-state index is 0.0370. The first-order valence-electron chi connectivity index (χ1n) is 11.5. The lowest BCUT2D eigenvalue weighted by Gasteiger charge is -2.14. The van der Waals surface area contributed by atoms with Crippen molar-refractivity contribution in [3.05, 3.63) is 120 Å². The molecule has 7 heteroatoms. The summed E-state index contributed by atoms with van der Waals surface area (Å²) in [6.45, 7) is 0. The van der Waals surface area contributed by atoms with Crippen LogP contribution in [0.25, 0.3) is 22.2 Å². The standard InChI is InChI=1S/C29H22F3N3O/c30-29(31,32)21-13-16-23(20-6-2-1-3-7-20)24(18-21)28(36)33-22-14-10-19(11-15-22)12-17-27-34-25-8-4-5-9-26(25)35-27/h1-11,13-16,18H,12,17H2,(H,33,36)(H,34,35). The van der Waals surface area contributed by atoms with Crippen molar-refractivity contribution in [2.45, 2.75) is 19.0 Å². The smallest absolute Gasteiger partial charge is 0.342 e. The van der Waals surface area contributed by atoms with Gasteiger partial charge in [0.05, 0.1) is 16.6 Å². The molecule has 0 radical (unpaired) electrons. The first-order valence-corrected chi connectivity index (χ1v) is 11.5. The lowest BCUT2D eigenvalue weighted by atomic mass is 9.96. The fourth-order valence-corrected chi connectivity index (χ4v) is 4.12. The normalized spacial score (nSPS) is 11.5. The summed E-state index contributed by atoms with van der Waals surface area (Å²) in [7, 11) is 0. The number of carbonyl (C=O) groups excluding carboxylic acids is 1. The van der Waals surface area contributed by atoms with E-state index in [-0.39, 0.29) is 5.56 Å². The van der Waals surface area contributed by atoms with Gasteiger partial charge in [-0.15, -0.1) is 0 Å². The van der Waals surface area contributed by atoms with Crippen molar-refractivity contribution >= 4 is 22.6 Å². The Morgan fingerprint density at radius 1 is 0.833 bits per heavy atom. The number of para-hydroxylation sites is 2. The summed E-state index contributed by atoms with van der Waals surface area (Å²) >= 11 is 0. The molecule has 0 aliphatic rings. The number of aromatic nitrogens is 2. The number of imidazole rings is 1. The lowest BCUT2D eigenvalue weighted by molar-refractivity contribution is -0.137. The topological polar surface area (TPSA) is 57.8 Å². The van der Waals surface area contributed by atoms with Crippen LogP contribution in [0.15, 0.2) is 97.1 Å². The summed E-state index contributed by atoms with van der Waals surface area (Å²) in [5, 5.41) is 2.74. The summed E-state index contributed by atoms with van der Waals surface area (Å²) in [6.07, 6.45) is -3.07. The van der Waals surface area contributed by atoms with Gasteiger partial charge >= 0.3 is 6.18 Å². The van der Waals surface area contributed by atoms with Crippen LogP contribution in [0.1, 0.15) is 27.3 Å². The largest absolute Gasteiger partial charge is 0.416 e. The third kappa shape index (κ3) is 5.15. The van der Waals surface area contributed by atoms with Gasteiger partial charge in [0.25, 0.3) is 5.91 Å². The molecule has 0 spiro atoms. The van der Waals surface area contributed by atoms with Crippen molar-refractivity contribution in [3.8, 4) is 11.1 Å². The van der Waals surface area contributed by atoms with Crippen LogP contribution in [-0.2, 0) is 19.0 Å². The summed E-state index contributed by atoms with van der Waals surface area (Å²) < 4.78 is 40.1. The van der Waals surface area contributed by atoms with Crippen molar-refractivity contribution < 1.29 is 18.0 Å². The third-order valence-corrected chi connectivity index (χ3v) is 5.98. The van der Waals surface area contributed by atoms with E-state index in [1.807, 2.05) is 42.5 Å². The van der Waals surface area contributed by atoms with E-state index in [1.54, 1.807) is 36.4 Å². The molecule has 0 aliphatic carbocycles. The van der Waals surface area contributed by atoms with E-state index < -0.39 is 17.6 Å². The van der Waals surface area contributed by atoms with E-state index >= 15 is 0 Å². The Morgan fingerprint density at radius 3 is 2.28 bits per heavy atom. The van der Waals surface area contributed by atoms with Gasteiger partial charge < -0.3 is 10.3 Å². The summed E-state index contributed by atoms with van der Waals surface area (Å²) in [6, 6.07) is 27.3. The Labute approximate surface area is 205 Å². The number of amides is 1. The Hall–Kier alpha value is -4.39. The minimum Gasteiger partial charge on any atom is -0.342 e. The van der Waals surface area contributed by atoms with Gasteiger partial charge in [-0.05, 0) is 59.5 Å². The number of nitrogens with zero attached hydrogens (tertiary/aromatic N) is 1. The number of nitrogens with one attached hydrogen (secondary N) is 2. The number of hydrogen-bond donors (Lipinski definition) is 2. The maximum absolute atomic E-state index is 13.4. The molecule has 5 rings (SSSR count). The number of carbonyl (C=O) groups is 1. The van der Waals surface area contributed by atoms with E-state index in [2.05, 4.69) is 15.3 Å². The summed E-state index contributed by atoms with van der Waals surface area (Å²) in [4.78, 5) is 21.0. The first kappa shape index (κ1) is 23.4. The van der Waals surface area contributed by atoms with Crippen molar-refractivity contribution in [2.24, 2.45) is 0 Å². The van der Waals surface area contributed by atoms with Crippen LogP contribution in [0, 0.1) is 0 Å². The lowest BCUT2D eigenvalue weighted by Crippen LogP contribution is -2.15. The maximum Gasteiger partial charge on any atom is 0.416 e. The fourth-order valence-electron chi connectivity index (χ4n) is 4.12. The van der Waals surface area contributed by atoms with Gasteiger partial charge in [-0.25, -0.2) is 4.98 Å². The monoisotopic (exact) mass is 485 g/mol. The Balaban J connectivity index is 1.32. The number of H-pyrrole nitrogens is 1. The average molecular weight is 486 g/mol. The molecule has 180 valence electrons. The predicted octanol–water partition coefficient (Wildman–Crippen LogP) is 7.29. The number of halogens is 3. The highest BCUT2D eigenvalue weighted by Crippen LogP contribution is 2.34. The average Bonchev–Trinajstić information content (AvgIpc) is 3.31. The molecule has 0 bridgehead atoms. The number of aromatic amines is 1. The molecule has 4 nitrogen and oxygen atoms in total. The molecule has 5 aromatic rings. The molecule has 4 aromatic carbocycles. The van der Waals surface area contributed by atoms with Gasteiger partial charge in [0.15, 0.2) is 0 Å². The molecule has 0 aliphatic heterocycles. The zero-order valence-corrected chi connectivity index (χ0v) is 19.1. The molecule has 1 amide bonds. The van der Waals surface area contributed by atoms with Crippen molar-refractivity contribution in [2.75, 3.05) is 5.32 Å². The molecule has 0 unspecified atom stereocenters. The number of hydrogen-bond acceptors (Lipinski definition) is 2. The number of fused-ring (bicyclic) bond motifs is 1. The molecule has 36 heavy (non-hydrogen) atoms. The van der Waals surface area contributed by atoms with Crippen LogP contribution in [0.4, 0.5) is 18.9 Å². The Kier molecular flexibility index (Phi) is 6.29. The SMILES string of the molecule is O=C(Nc1ccc(CCc2nc3ccccc3[nH]2)cc1)c1cc(C(F)(F)F)ccc1-c1ccccc1. The number of anilines is 1. The van der Waals surface area contributed by atoms with Gasteiger partial charge in [0.1, 0.15) is 5.82 Å². The van der Waals surface area contributed by atoms with Crippen LogP contribution in [-0.4, -0.2) is 15.9 Å². The predicted molar refractivity (Wildman–Crippen MR) is 135 cm³/mol. The molecule has 2 N–H and O–H groups in total. The molecular formula is C29H22F3N3O. The van der Waals surface area contributed by atoms with Gasteiger partial charge in [-0.1, -0.05) is 60.7 Å². The number of aryl methyl sites for hydroxylation is 2. The second kappa shape index (κ2) is 9.70. The minimum atomic E-state index is -4.55. The quantitative estimate of drug-likeness (QED) is 0.265. The van der Waals surface area contributed by atoms with Gasteiger partial charge in [0.2, 0.25) is 0 Å². The van der Waals surface area contributed by atoms with Crippen molar-refractivity contribution in [1.82, 2.24) is 9.97 Å². The highest BCUT2D eigenvalue weighted by atomic mass is 19.4. The van der Waals surface area contributed by atoms with E-state index in [0.717, 1.165) is 47.4 Å². The second-order valence-electron chi connectivity index (χ2n) is 8.48. The summed E-state index contributed by atoms with van der Waals surface area (Å²) in [5.41, 5.74) is 3.67. The molecule has 0 atom stereocenters. The number of alkyl halides is 3. The van der Waals surface area contributed by atoms with E-state index in [1.165, 1.54) is 6.07 Å². The van der Waals surface area contributed by atoms with Crippen LogP contribution < -0.4 is 5.32 Å². The maximum atomic E-state index is 13.4. The summed E-state index contributed by atoms with van der Waals surface area (Å²) in [5.74, 6) is 0.293. The van der Waals surface area contributed by atoms with Crippen molar-refractivity contribution in [1.29, 1.82) is 0 Å². The molecule has 1 aromatic heterocycles. The van der Waals surface area contributed by atoms with Gasteiger partial charge in [-0.3, -0.25) is 4.79 Å². The van der Waals surface area contributed by atoms with E-state index in [9.17, 15) is 18.0 Å². The zero-order chi connectivity index (χ0) is 25.1. The second-order valence-corrected chi connectivity index (χ2v) is 8.48. The Morgan fingerprint density at radius 2 is 1.56 bits per heavy atom. The van der Waals surface area contributed by atoms with E-state index in [4.69, 9.17) is 0 Å². The molecule has 0 saturated heterocycles. The van der Waals surface area contributed by atoms with Crippen molar-refractivity contribution in [3.63, 3.8) is 0 Å². The third-order valence-electron chi connectivity index (χ3n) is 5.98. The number of rotatable bonds is 6. The highest BCUT2D eigenvalue weighted by molar-refractivity contribution is 6.08. The van der Waals surface area contributed by atoms with Crippen LogP contribution >= 0.6 is 0 Å². The van der Waals surface area contributed by atoms with Gasteiger partial charge in [0, 0.05) is 17.7 Å². The van der Waals surface area contributed by atoms with Crippen LogP contribution in [0.2, 0.25) is 0 Å². The highest BCUT2D eigenvalue weighted by Gasteiger charge is 2.32. The van der Waals surface area contributed by atoms with Crippen LogP contribution in [0.3, 0.4) is 0 Å². The van der Waals surface area contributed by atoms with E-state index in [0.29, 0.717) is 16.8 Å². The molecule has 0 fully saturated rings. The molecule has 1 heterocycles. The van der Waals surface area contributed by atoms with Gasteiger partial charge in [-0.2, -0.15) is 13.2 Å². The van der Waals surface area contributed by atoms with Crippen LogP contribution in [0.5, 0.6) is 0 Å². The molecular weight excluding hydrogens is 463 g/mol. The Bertz CT molecular complexity index is 1470. The molecule has 0 saturated carbocycles. The zero-order valence-electron chi connectivity index (χ0n) is 19.1. The first-order chi connectivity index (χ1) is 17.4. The number of benzene rings is 4. The fraction of sp³-hybridized carbons (Fsp3) is 0.103.